The normalized spacial score (nSPS) is 11.3. The molecule has 0 aliphatic heterocycles. The molecular formula is C12H17F2N3O3. The van der Waals surface area contributed by atoms with Crippen molar-refractivity contribution in [2.45, 2.75) is 26.8 Å². The van der Waals surface area contributed by atoms with E-state index in [1.807, 2.05) is 0 Å². The van der Waals surface area contributed by atoms with Crippen LogP contribution in [0, 0.1) is 24.0 Å². The van der Waals surface area contributed by atoms with Gasteiger partial charge in [0.05, 0.1) is 23.8 Å². The topological polar surface area (TPSA) is 79.5 Å². The van der Waals surface area contributed by atoms with E-state index in [-0.39, 0.29) is 25.4 Å². The van der Waals surface area contributed by atoms with Crippen molar-refractivity contribution in [3.8, 4) is 0 Å². The summed E-state index contributed by atoms with van der Waals surface area (Å²) in [4.78, 5) is 15.9. The molecule has 0 spiro atoms. The number of aliphatic hydroxyl groups is 1. The average Bonchev–Trinajstić information content (AvgIpc) is 2.32. The molecule has 112 valence electrons. The SMILES string of the molecule is Cc1cnc(CN(CCO)CC(F)F)c(C)c1[N+](=O)[O-]. The predicted octanol–water partition coefficient (Wildman–Crippen LogP) is 1.67. The molecule has 20 heavy (non-hydrogen) atoms. The van der Waals surface area contributed by atoms with Gasteiger partial charge in [-0.05, 0) is 13.8 Å². The van der Waals surface area contributed by atoms with Gasteiger partial charge in [0.1, 0.15) is 0 Å². The van der Waals surface area contributed by atoms with Crippen LogP contribution in [-0.2, 0) is 6.54 Å². The minimum Gasteiger partial charge on any atom is -0.395 e. The third-order valence-electron chi connectivity index (χ3n) is 2.94. The third-order valence-corrected chi connectivity index (χ3v) is 2.94. The number of nitro groups is 1. The number of nitrogens with zero attached hydrogens (tertiary/aromatic N) is 3. The maximum Gasteiger partial charge on any atom is 0.278 e. The highest BCUT2D eigenvalue weighted by atomic mass is 19.3. The summed E-state index contributed by atoms with van der Waals surface area (Å²) in [5.41, 5.74) is 1.12. The van der Waals surface area contributed by atoms with Gasteiger partial charge in [-0.1, -0.05) is 0 Å². The lowest BCUT2D eigenvalue weighted by Crippen LogP contribution is -2.31. The molecule has 0 aliphatic rings. The molecule has 0 atom stereocenters. The van der Waals surface area contributed by atoms with E-state index in [4.69, 9.17) is 5.11 Å². The van der Waals surface area contributed by atoms with E-state index in [0.717, 1.165) is 0 Å². The summed E-state index contributed by atoms with van der Waals surface area (Å²) >= 11 is 0. The highest BCUT2D eigenvalue weighted by Crippen LogP contribution is 2.24. The zero-order valence-electron chi connectivity index (χ0n) is 11.3. The fourth-order valence-electron chi connectivity index (χ4n) is 1.99. The molecule has 0 amide bonds. The smallest absolute Gasteiger partial charge is 0.278 e. The molecule has 1 aromatic heterocycles. The van der Waals surface area contributed by atoms with Crippen LogP contribution in [0.2, 0.25) is 0 Å². The summed E-state index contributed by atoms with van der Waals surface area (Å²) in [5.74, 6) is 0. The van der Waals surface area contributed by atoms with Crippen molar-refractivity contribution in [1.82, 2.24) is 9.88 Å². The Morgan fingerprint density at radius 3 is 2.65 bits per heavy atom. The van der Waals surface area contributed by atoms with Gasteiger partial charge in [0.2, 0.25) is 0 Å². The number of halogens is 2. The Labute approximate surface area is 115 Å². The van der Waals surface area contributed by atoms with E-state index in [0.29, 0.717) is 16.8 Å². The summed E-state index contributed by atoms with van der Waals surface area (Å²) in [6, 6.07) is 0. The predicted molar refractivity (Wildman–Crippen MR) is 68.7 cm³/mol. The fraction of sp³-hybridized carbons (Fsp3) is 0.583. The zero-order valence-corrected chi connectivity index (χ0v) is 11.3. The summed E-state index contributed by atoms with van der Waals surface area (Å²) < 4.78 is 24.9. The quantitative estimate of drug-likeness (QED) is 0.610. The molecule has 8 heteroatoms. The number of pyridine rings is 1. The van der Waals surface area contributed by atoms with Crippen molar-refractivity contribution in [3.63, 3.8) is 0 Å². The van der Waals surface area contributed by atoms with Gasteiger partial charge >= 0.3 is 0 Å². The molecule has 1 aromatic rings. The summed E-state index contributed by atoms with van der Waals surface area (Å²) in [5, 5.41) is 19.9. The molecular weight excluding hydrogens is 272 g/mol. The van der Waals surface area contributed by atoms with Crippen LogP contribution in [0.5, 0.6) is 0 Å². The van der Waals surface area contributed by atoms with Gasteiger partial charge < -0.3 is 5.11 Å². The largest absolute Gasteiger partial charge is 0.395 e. The van der Waals surface area contributed by atoms with Gasteiger partial charge in [0.15, 0.2) is 0 Å². The lowest BCUT2D eigenvalue weighted by molar-refractivity contribution is -0.386. The van der Waals surface area contributed by atoms with Crippen molar-refractivity contribution in [3.05, 3.63) is 33.1 Å². The number of hydrogen-bond acceptors (Lipinski definition) is 5. The number of rotatable bonds is 7. The van der Waals surface area contributed by atoms with Gasteiger partial charge in [0, 0.05) is 30.4 Å². The van der Waals surface area contributed by atoms with Crippen LogP contribution in [0.4, 0.5) is 14.5 Å². The van der Waals surface area contributed by atoms with Crippen LogP contribution in [-0.4, -0.2) is 46.0 Å². The van der Waals surface area contributed by atoms with Crippen molar-refractivity contribution >= 4 is 5.69 Å². The fourth-order valence-corrected chi connectivity index (χ4v) is 1.99. The molecule has 0 saturated heterocycles. The van der Waals surface area contributed by atoms with E-state index in [1.165, 1.54) is 11.1 Å². The molecule has 0 radical (unpaired) electrons. The van der Waals surface area contributed by atoms with Crippen LogP contribution < -0.4 is 0 Å². The van der Waals surface area contributed by atoms with E-state index in [2.05, 4.69) is 4.98 Å². The van der Waals surface area contributed by atoms with E-state index < -0.39 is 17.9 Å². The van der Waals surface area contributed by atoms with Crippen molar-refractivity contribution in [2.75, 3.05) is 19.7 Å². The molecule has 0 unspecified atom stereocenters. The monoisotopic (exact) mass is 289 g/mol. The average molecular weight is 289 g/mol. The van der Waals surface area contributed by atoms with E-state index in [9.17, 15) is 18.9 Å². The van der Waals surface area contributed by atoms with E-state index >= 15 is 0 Å². The molecule has 0 bridgehead atoms. The first-order chi connectivity index (χ1) is 9.36. The van der Waals surface area contributed by atoms with Gasteiger partial charge in [0.25, 0.3) is 12.1 Å². The summed E-state index contributed by atoms with van der Waals surface area (Å²) in [6.45, 7) is 2.45. The maximum atomic E-state index is 12.4. The Balaban J connectivity index is 3.01. The Morgan fingerprint density at radius 1 is 1.50 bits per heavy atom. The Bertz CT molecular complexity index is 483. The van der Waals surface area contributed by atoms with Crippen molar-refractivity contribution in [2.24, 2.45) is 0 Å². The second-order valence-corrected chi connectivity index (χ2v) is 4.47. The second-order valence-electron chi connectivity index (χ2n) is 4.47. The second kappa shape index (κ2) is 7.20. The number of aryl methyl sites for hydroxylation is 1. The highest BCUT2D eigenvalue weighted by molar-refractivity contribution is 5.47. The van der Waals surface area contributed by atoms with Gasteiger partial charge in [-0.15, -0.1) is 0 Å². The molecule has 0 saturated carbocycles. The molecule has 1 heterocycles. The minimum absolute atomic E-state index is 0.0395. The first-order valence-corrected chi connectivity index (χ1v) is 6.07. The molecule has 0 fully saturated rings. The van der Waals surface area contributed by atoms with E-state index in [1.54, 1.807) is 13.8 Å². The highest BCUT2D eigenvalue weighted by Gasteiger charge is 2.21. The van der Waals surface area contributed by atoms with Gasteiger partial charge in [-0.25, -0.2) is 8.78 Å². The van der Waals surface area contributed by atoms with Crippen LogP contribution in [0.25, 0.3) is 0 Å². The maximum absolute atomic E-state index is 12.4. The number of hydrogen-bond donors (Lipinski definition) is 1. The molecule has 0 aliphatic carbocycles. The van der Waals surface area contributed by atoms with Crippen molar-refractivity contribution < 1.29 is 18.8 Å². The Morgan fingerprint density at radius 2 is 2.15 bits per heavy atom. The van der Waals surface area contributed by atoms with Crippen LogP contribution in [0.15, 0.2) is 6.20 Å². The Hall–Kier alpha value is -1.67. The summed E-state index contributed by atoms with van der Waals surface area (Å²) in [6.07, 6.45) is -1.18. The number of aromatic nitrogens is 1. The zero-order chi connectivity index (χ0) is 15.3. The first-order valence-electron chi connectivity index (χ1n) is 6.07. The third kappa shape index (κ3) is 4.17. The molecule has 1 N–H and O–H groups in total. The van der Waals surface area contributed by atoms with Crippen LogP contribution in [0.3, 0.4) is 0 Å². The lowest BCUT2D eigenvalue weighted by atomic mass is 10.1. The first kappa shape index (κ1) is 16.4. The molecule has 6 nitrogen and oxygen atoms in total. The molecule has 1 rings (SSSR count). The van der Waals surface area contributed by atoms with Crippen molar-refractivity contribution in [1.29, 1.82) is 0 Å². The molecule has 0 aromatic carbocycles. The Kier molecular flexibility index (Phi) is 5.90. The number of aliphatic hydroxyl groups excluding tert-OH is 1. The minimum atomic E-state index is -2.54. The summed E-state index contributed by atoms with van der Waals surface area (Å²) in [7, 11) is 0. The standard InChI is InChI=1S/C12H17F2N3O3/c1-8-5-15-10(9(2)12(8)17(19)20)6-16(3-4-18)7-11(13)14/h5,11,18H,3-4,6-7H2,1-2H3. The van der Waals surface area contributed by atoms with Crippen LogP contribution >= 0.6 is 0 Å². The van der Waals surface area contributed by atoms with Gasteiger partial charge in [-0.2, -0.15) is 0 Å². The lowest BCUT2D eigenvalue weighted by Gasteiger charge is -2.21. The number of alkyl halides is 2. The van der Waals surface area contributed by atoms with Crippen LogP contribution in [0.1, 0.15) is 16.8 Å². The van der Waals surface area contributed by atoms with Gasteiger partial charge in [-0.3, -0.25) is 20.0 Å².